The van der Waals surface area contributed by atoms with E-state index < -0.39 is 48.8 Å². The second-order valence-electron chi connectivity index (χ2n) is 7.92. The van der Waals surface area contributed by atoms with Crippen molar-refractivity contribution in [2.45, 2.75) is 24.6 Å². The molecular formula is C25H20FN3O6. The van der Waals surface area contributed by atoms with Gasteiger partial charge in [-0.05, 0) is 30.3 Å². The van der Waals surface area contributed by atoms with E-state index in [2.05, 4.69) is 9.97 Å². The number of esters is 2. The molecule has 4 aromatic rings. The van der Waals surface area contributed by atoms with Gasteiger partial charge in [-0.15, -0.1) is 0 Å². The Kier molecular flexibility index (Phi) is 6.11. The van der Waals surface area contributed by atoms with Gasteiger partial charge in [0.25, 0.3) is 0 Å². The topological polar surface area (TPSA) is 113 Å². The van der Waals surface area contributed by atoms with Crippen LogP contribution < -0.4 is 5.69 Å². The molecule has 0 radical (unpaired) electrons. The van der Waals surface area contributed by atoms with Gasteiger partial charge in [-0.25, -0.2) is 18.8 Å². The van der Waals surface area contributed by atoms with Crippen molar-refractivity contribution in [2.24, 2.45) is 0 Å². The predicted molar refractivity (Wildman–Crippen MR) is 122 cm³/mol. The molecular weight excluding hydrogens is 457 g/mol. The number of ether oxygens (including phenoxy) is 3. The fraction of sp³-hybridized carbons (Fsp3) is 0.200. The van der Waals surface area contributed by atoms with Gasteiger partial charge >= 0.3 is 17.6 Å². The van der Waals surface area contributed by atoms with Crippen molar-refractivity contribution < 1.29 is 28.2 Å². The molecule has 10 heteroatoms. The highest BCUT2D eigenvalue weighted by molar-refractivity contribution is 5.90. The Morgan fingerprint density at radius 1 is 1.00 bits per heavy atom. The van der Waals surface area contributed by atoms with Crippen LogP contribution in [0, 0.1) is 0 Å². The number of carbonyl (C=O) groups is 2. The van der Waals surface area contributed by atoms with Crippen LogP contribution in [0.15, 0.2) is 83.9 Å². The van der Waals surface area contributed by atoms with Crippen LogP contribution in [0.4, 0.5) is 4.39 Å². The first-order valence-electron chi connectivity index (χ1n) is 10.9. The highest BCUT2D eigenvalue weighted by Gasteiger charge is 2.49. The maximum atomic E-state index is 15.7. The number of halogens is 1. The number of benzene rings is 2. The van der Waals surface area contributed by atoms with E-state index in [-0.39, 0.29) is 5.56 Å². The minimum atomic E-state index is -1.93. The van der Waals surface area contributed by atoms with Gasteiger partial charge in [-0.1, -0.05) is 36.4 Å². The average molecular weight is 477 g/mol. The van der Waals surface area contributed by atoms with Gasteiger partial charge in [-0.2, -0.15) is 4.98 Å². The van der Waals surface area contributed by atoms with Crippen molar-refractivity contribution in [3.63, 3.8) is 0 Å². The number of H-pyrrole nitrogens is 1. The number of nitrogens with one attached hydrogen (secondary N) is 1. The van der Waals surface area contributed by atoms with Crippen LogP contribution in [0.5, 0.6) is 0 Å². The second kappa shape index (κ2) is 9.51. The molecule has 1 saturated heterocycles. The number of hydrogen-bond acceptors (Lipinski definition) is 7. The summed E-state index contributed by atoms with van der Waals surface area (Å²) in [7, 11) is 0. The van der Waals surface area contributed by atoms with E-state index in [9.17, 15) is 14.4 Å². The predicted octanol–water partition coefficient (Wildman–Crippen LogP) is 3.04. The highest BCUT2D eigenvalue weighted by Crippen LogP contribution is 2.34. The fourth-order valence-electron chi connectivity index (χ4n) is 3.89. The summed E-state index contributed by atoms with van der Waals surface area (Å²) >= 11 is 0. The van der Waals surface area contributed by atoms with Crippen molar-refractivity contribution in [3.05, 3.63) is 101 Å². The van der Waals surface area contributed by atoms with Crippen LogP contribution in [0.1, 0.15) is 26.9 Å². The Balaban J connectivity index is 1.41. The van der Waals surface area contributed by atoms with Gasteiger partial charge in [-0.3, -0.25) is 4.57 Å². The number of aromatic amines is 1. The smallest absolute Gasteiger partial charge is 0.351 e. The molecule has 4 unspecified atom stereocenters. The van der Waals surface area contributed by atoms with Crippen LogP contribution in [0.3, 0.4) is 0 Å². The van der Waals surface area contributed by atoms with Crippen molar-refractivity contribution in [1.82, 2.24) is 14.5 Å². The molecule has 0 amide bonds. The molecule has 2 aromatic carbocycles. The lowest BCUT2D eigenvalue weighted by molar-refractivity contribution is -0.0590. The zero-order valence-corrected chi connectivity index (χ0v) is 18.2. The van der Waals surface area contributed by atoms with Gasteiger partial charge in [0.1, 0.15) is 18.4 Å². The molecule has 1 N–H and O–H groups in total. The SMILES string of the molecule is O=C(OCC1OC(n2cc3cc[nH]c3nc2=O)C(F)C1OC(=O)c1ccccc1)c1ccccc1. The Morgan fingerprint density at radius 2 is 1.66 bits per heavy atom. The quantitative estimate of drug-likeness (QED) is 0.425. The second-order valence-corrected chi connectivity index (χ2v) is 7.92. The third kappa shape index (κ3) is 4.56. The van der Waals surface area contributed by atoms with Crippen LogP contribution in [-0.4, -0.2) is 51.5 Å². The van der Waals surface area contributed by atoms with Gasteiger partial charge in [0.05, 0.1) is 11.1 Å². The zero-order valence-electron chi connectivity index (χ0n) is 18.2. The largest absolute Gasteiger partial charge is 0.459 e. The van der Waals surface area contributed by atoms with E-state index in [1.54, 1.807) is 60.8 Å². The molecule has 9 nitrogen and oxygen atoms in total. The molecule has 1 aliphatic heterocycles. The maximum absolute atomic E-state index is 15.7. The molecule has 0 saturated carbocycles. The summed E-state index contributed by atoms with van der Waals surface area (Å²) < 4.78 is 33.2. The highest BCUT2D eigenvalue weighted by atomic mass is 19.1. The maximum Gasteiger partial charge on any atom is 0.351 e. The van der Waals surface area contributed by atoms with Crippen LogP contribution >= 0.6 is 0 Å². The van der Waals surface area contributed by atoms with Crippen molar-refractivity contribution in [2.75, 3.05) is 6.61 Å². The molecule has 178 valence electrons. The summed E-state index contributed by atoms with van der Waals surface area (Å²) in [4.78, 5) is 44.3. The minimum Gasteiger partial charge on any atom is -0.459 e. The number of carbonyl (C=O) groups excluding carboxylic acids is 2. The summed E-state index contributed by atoms with van der Waals surface area (Å²) in [6.45, 7) is -0.397. The number of rotatable bonds is 6. The number of alkyl halides is 1. The molecule has 0 bridgehead atoms. The standard InChI is InChI=1S/C25H20FN3O6/c26-19-20(35-24(31)16-9-5-2-6-10-16)18(14-33-23(30)15-7-3-1-4-8-15)34-22(19)29-13-17-11-12-27-21(17)28-25(29)32/h1-13,18-20,22H,14H2,(H,27,28,32). The monoisotopic (exact) mass is 477 g/mol. The summed E-state index contributed by atoms with van der Waals surface area (Å²) in [5.41, 5.74) is 0.119. The lowest BCUT2D eigenvalue weighted by atomic mass is 10.1. The molecule has 4 atom stereocenters. The lowest BCUT2D eigenvalue weighted by Gasteiger charge is -2.19. The molecule has 1 aliphatic rings. The molecule has 0 aliphatic carbocycles. The molecule has 0 spiro atoms. The molecule has 2 aromatic heterocycles. The molecule has 1 fully saturated rings. The van der Waals surface area contributed by atoms with Crippen LogP contribution in [0.25, 0.3) is 11.0 Å². The average Bonchev–Trinajstić information content (AvgIpc) is 3.46. The first kappa shape index (κ1) is 22.5. The van der Waals surface area contributed by atoms with E-state index in [1.807, 2.05) is 0 Å². The number of hydrogen-bond donors (Lipinski definition) is 1. The van der Waals surface area contributed by atoms with Gasteiger partial charge < -0.3 is 19.2 Å². The lowest BCUT2D eigenvalue weighted by Crippen LogP contribution is -2.37. The van der Waals surface area contributed by atoms with Gasteiger partial charge in [0, 0.05) is 17.8 Å². The normalized spacial score (nSPS) is 21.6. The summed E-state index contributed by atoms with van der Waals surface area (Å²) in [5, 5.41) is 0.567. The number of nitrogens with zero attached hydrogens (tertiary/aromatic N) is 2. The third-order valence-electron chi connectivity index (χ3n) is 5.64. The third-order valence-corrected chi connectivity index (χ3v) is 5.64. The molecule has 3 heterocycles. The number of fused-ring (bicyclic) bond motifs is 1. The number of aromatic nitrogens is 3. The van der Waals surface area contributed by atoms with E-state index in [1.165, 1.54) is 18.3 Å². The van der Waals surface area contributed by atoms with Crippen LogP contribution in [0.2, 0.25) is 0 Å². The van der Waals surface area contributed by atoms with Crippen molar-refractivity contribution >= 4 is 23.0 Å². The first-order chi connectivity index (χ1) is 17.0. The fourth-order valence-corrected chi connectivity index (χ4v) is 3.89. The van der Waals surface area contributed by atoms with Gasteiger partial charge in [0.2, 0.25) is 0 Å². The Morgan fingerprint density at radius 3 is 2.34 bits per heavy atom. The first-order valence-corrected chi connectivity index (χ1v) is 10.9. The van der Waals surface area contributed by atoms with E-state index in [0.717, 1.165) is 4.57 Å². The van der Waals surface area contributed by atoms with Crippen molar-refractivity contribution in [3.8, 4) is 0 Å². The summed E-state index contributed by atoms with van der Waals surface area (Å²) in [5.74, 6) is -1.41. The van der Waals surface area contributed by atoms with E-state index in [0.29, 0.717) is 16.6 Å². The summed E-state index contributed by atoms with van der Waals surface area (Å²) in [6, 6.07) is 18.0. The Labute approximate surface area is 198 Å². The Bertz CT molecular complexity index is 1410. The molecule has 5 rings (SSSR count). The molecule has 35 heavy (non-hydrogen) atoms. The summed E-state index contributed by atoms with van der Waals surface area (Å²) in [6.07, 6.45) is -2.97. The Hall–Kier alpha value is -4.31. The van der Waals surface area contributed by atoms with Gasteiger partial charge in [0.15, 0.2) is 18.5 Å². The van der Waals surface area contributed by atoms with Crippen LogP contribution in [-0.2, 0) is 14.2 Å². The van der Waals surface area contributed by atoms with Crippen molar-refractivity contribution in [1.29, 1.82) is 0 Å². The zero-order chi connectivity index (χ0) is 24.4. The van der Waals surface area contributed by atoms with E-state index in [4.69, 9.17) is 14.2 Å². The van der Waals surface area contributed by atoms with E-state index >= 15 is 4.39 Å². The minimum absolute atomic E-state index is 0.218.